The number of rotatable bonds is 4. The van der Waals surface area contributed by atoms with E-state index in [9.17, 15) is 4.79 Å². The summed E-state index contributed by atoms with van der Waals surface area (Å²) in [7, 11) is 0. The summed E-state index contributed by atoms with van der Waals surface area (Å²) in [5.74, 6) is 1.55. The molecular formula is C16H14O2. The van der Waals surface area contributed by atoms with Gasteiger partial charge in [0.05, 0.1) is 0 Å². The fourth-order valence-electron chi connectivity index (χ4n) is 1.59. The molecule has 0 aliphatic carbocycles. The Morgan fingerprint density at radius 3 is 2.44 bits per heavy atom. The van der Waals surface area contributed by atoms with E-state index in [1.54, 1.807) is 6.92 Å². The van der Waals surface area contributed by atoms with Crippen molar-refractivity contribution in [2.24, 2.45) is 0 Å². The van der Waals surface area contributed by atoms with Crippen LogP contribution in [0.25, 0.3) is 6.08 Å². The minimum absolute atomic E-state index is 0.687. The van der Waals surface area contributed by atoms with Crippen molar-refractivity contribution in [3.8, 4) is 11.5 Å². The molecule has 0 saturated heterocycles. The second-order valence-corrected chi connectivity index (χ2v) is 3.99. The van der Waals surface area contributed by atoms with E-state index < -0.39 is 0 Å². The van der Waals surface area contributed by atoms with Gasteiger partial charge in [-0.1, -0.05) is 30.3 Å². The van der Waals surface area contributed by atoms with E-state index in [2.05, 4.69) is 0 Å². The molecule has 0 aromatic heterocycles. The molecule has 90 valence electrons. The van der Waals surface area contributed by atoms with Crippen LogP contribution in [0.2, 0.25) is 0 Å². The zero-order valence-electron chi connectivity index (χ0n) is 10.2. The zero-order valence-corrected chi connectivity index (χ0v) is 10.2. The van der Waals surface area contributed by atoms with Gasteiger partial charge in [-0.2, -0.15) is 0 Å². The predicted molar refractivity (Wildman–Crippen MR) is 72.7 cm³/mol. The van der Waals surface area contributed by atoms with Crippen LogP contribution in [0.5, 0.6) is 11.5 Å². The SMILES string of the molecule is CC(C=O)=Cc1cccc(Oc2ccccc2)c1. The van der Waals surface area contributed by atoms with E-state index >= 15 is 0 Å². The third-order valence-corrected chi connectivity index (χ3v) is 2.42. The van der Waals surface area contributed by atoms with Crippen LogP contribution in [-0.4, -0.2) is 6.29 Å². The van der Waals surface area contributed by atoms with Gasteiger partial charge < -0.3 is 4.74 Å². The molecule has 0 aliphatic rings. The lowest BCUT2D eigenvalue weighted by molar-refractivity contribution is -0.104. The van der Waals surface area contributed by atoms with Gasteiger partial charge in [0.25, 0.3) is 0 Å². The lowest BCUT2D eigenvalue weighted by Gasteiger charge is -2.06. The molecule has 0 heterocycles. The van der Waals surface area contributed by atoms with Gasteiger partial charge in [0.15, 0.2) is 0 Å². The van der Waals surface area contributed by atoms with Crippen LogP contribution >= 0.6 is 0 Å². The molecule has 2 aromatic carbocycles. The smallest absolute Gasteiger partial charge is 0.145 e. The monoisotopic (exact) mass is 238 g/mol. The van der Waals surface area contributed by atoms with Gasteiger partial charge in [-0.05, 0) is 48.4 Å². The molecule has 0 aliphatic heterocycles. The molecule has 0 N–H and O–H groups in total. The third kappa shape index (κ3) is 3.32. The molecule has 0 atom stereocenters. The highest BCUT2D eigenvalue weighted by molar-refractivity contribution is 5.80. The van der Waals surface area contributed by atoms with Crippen LogP contribution in [0.1, 0.15) is 12.5 Å². The van der Waals surface area contributed by atoms with Crippen molar-refractivity contribution in [3.63, 3.8) is 0 Å². The lowest BCUT2D eigenvalue weighted by Crippen LogP contribution is -1.84. The maximum absolute atomic E-state index is 10.6. The van der Waals surface area contributed by atoms with Crippen molar-refractivity contribution < 1.29 is 9.53 Å². The van der Waals surface area contributed by atoms with Gasteiger partial charge in [0.2, 0.25) is 0 Å². The Labute approximate surface area is 107 Å². The predicted octanol–water partition coefficient (Wildman–Crippen LogP) is 4.08. The number of aldehydes is 1. The first-order chi connectivity index (χ1) is 8.78. The largest absolute Gasteiger partial charge is 0.457 e. The second kappa shape index (κ2) is 5.82. The first-order valence-electron chi connectivity index (χ1n) is 5.74. The van der Waals surface area contributed by atoms with Crippen LogP contribution in [0, 0.1) is 0 Å². The van der Waals surface area contributed by atoms with Crippen LogP contribution in [0.3, 0.4) is 0 Å². The fraction of sp³-hybridized carbons (Fsp3) is 0.0625. The van der Waals surface area contributed by atoms with Crippen molar-refractivity contribution in [1.82, 2.24) is 0 Å². The number of hydrogen-bond donors (Lipinski definition) is 0. The van der Waals surface area contributed by atoms with E-state index in [1.807, 2.05) is 60.7 Å². The molecule has 0 saturated carbocycles. The molecule has 2 aromatic rings. The standard InChI is InChI=1S/C16H14O2/c1-13(12-17)10-14-6-5-9-16(11-14)18-15-7-3-2-4-8-15/h2-12H,1H3. The molecular weight excluding hydrogens is 224 g/mol. The summed E-state index contributed by atoms with van der Waals surface area (Å²) in [6.45, 7) is 1.78. The molecule has 0 amide bonds. The average molecular weight is 238 g/mol. The van der Waals surface area contributed by atoms with Crippen molar-refractivity contribution >= 4 is 12.4 Å². The number of carbonyl (C=O) groups excluding carboxylic acids is 1. The van der Waals surface area contributed by atoms with Gasteiger partial charge in [0, 0.05) is 0 Å². The van der Waals surface area contributed by atoms with Crippen molar-refractivity contribution in [2.45, 2.75) is 6.92 Å². The Morgan fingerprint density at radius 2 is 1.72 bits per heavy atom. The first kappa shape index (κ1) is 12.1. The molecule has 0 unspecified atom stereocenters. The molecule has 0 fully saturated rings. The van der Waals surface area contributed by atoms with Crippen LogP contribution in [0.4, 0.5) is 0 Å². The summed E-state index contributed by atoms with van der Waals surface area (Å²) in [5, 5.41) is 0. The highest BCUT2D eigenvalue weighted by atomic mass is 16.5. The highest BCUT2D eigenvalue weighted by Crippen LogP contribution is 2.22. The normalized spacial score (nSPS) is 11.1. The number of allylic oxidation sites excluding steroid dienone is 1. The van der Waals surface area contributed by atoms with Crippen molar-refractivity contribution in [1.29, 1.82) is 0 Å². The number of hydrogen-bond acceptors (Lipinski definition) is 2. The number of ether oxygens (including phenoxy) is 1. The van der Waals surface area contributed by atoms with Crippen molar-refractivity contribution in [3.05, 3.63) is 65.7 Å². The summed E-state index contributed by atoms with van der Waals surface area (Å²) in [6.07, 6.45) is 2.66. The quantitative estimate of drug-likeness (QED) is 0.592. The van der Waals surface area contributed by atoms with Gasteiger partial charge in [-0.25, -0.2) is 0 Å². The van der Waals surface area contributed by atoms with E-state index in [0.717, 1.165) is 23.3 Å². The van der Waals surface area contributed by atoms with E-state index in [4.69, 9.17) is 4.74 Å². The number of carbonyl (C=O) groups is 1. The Kier molecular flexibility index (Phi) is 3.92. The Morgan fingerprint density at radius 1 is 1.00 bits per heavy atom. The third-order valence-electron chi connectivity index (χ3n) is 2.42. The summed E-state index contributed by atoms with van der Waals surface area (Å²) < 4.78 is 5.72. The van der Waals surface area contributed by atoms with Gasteiger partial charge >= 0.3 is 0 Å². The average Bonchev–Trinajstić information content (AvgIpc) is 2.40. The summed E-state index contributed by atoms with van der Waals surface area (Å²) in [4.78, 5) is 10.6. The Balaban J connectivity index is 2.20. The maximum Gasteiger partial charge on any atom is 0.145 e. The molecule has 2 heteroatoms. The fourth-order valence-corrected chi connectivity index (χ4v) is 1.59. The van der Waals surface area contributed by atoms with E-state index in [1.165, 1.54) is 0 Å². The summed E-state index contributed by atoms with van der Waals surface area (Å²) >= 11 is 0. The lowest BCUT2D eigenvalue weighted by atomic mass is 10.1. The van der Waals surface area contributed by atoms with Crippen LogP contribution < -0.4 is 4.74 Å². The van der Waals surface area contributed by atoms with Gasteiger partial charge in [-0.15, -0.1) is 0 Å². The highest BCUT2D eigenvalue weighted by Gasteiger charge is 1.97. The Hall–Kier alpha value is -2.35. The van der Waals surface area contributed by atoms with Gasteiger partial charge in [0.1, 0.15) is 17.8 Å². The van der Waals surface area contributed by atoms with E-state index in [-0.39, 0.29) is 0 Å². The molecule has 0 spiro atoms. The van der Waals surface area contributed by atoms with Gasteiger partial charge in [-0.3, -0.25) is 4.79 Å². The van der Waals surface area contributed by atoms with Crippen LogP contribution in [0.15, 0.2) is 60.2 Å². The maximum atomic E-state index is 10.6. The zero-order chi connectivity index (χ0) is 12.8. The summed E-state index contributed by atoms with van der Waals surface area (Å²) in [5.41, 5.74) is 1.64. The molecule has 0 bridgehead atoms. The van der Waals surface area contributed by atoms with E-state index in [0.29, 0.717) is 5.57 Å². The van der Waals surface area contributed by atoms with Crippen molar-refractivity contribution in [2.75, 3.05) is 0 Å². The minimum atomic E-state index is 0.687. The molecule has 2 rings (SSSR count). The van der Waals surface area contributed by atoms with Crippen LogP contribution in [-0.2, 0) is 4.79 Å². The second-order valence-electron chi connectivity index (χ2n) is 3.99. The molecule has 2 nitrogen and oxygen atoms in total. The first-order valence-corrected chi connectivity index (χ1v) is 5.74. The minimum Gasteiger partial charge on any atom is -0.457 e. The topological polar surface area (TPSA) is 26.3 Å². The molecule has 18 heavy (non-hydrogen) atoms. The molecule has 0 radical (unpaired) electrons. The number of para-hydroxylation sites is 1. The summed E-state index contributed by atoms with van der Waals surface area (Å²) in [6, 6.07) is 17.2. The Bertz CT molecular complexity index is 556. The number of benzene rings is 2.